The molecule has 0 aliphatic carbocycles. The zero-order valence-electron chi connectivity index (χ0n) is 10.8. The van der Waals surface area contributed by atoms with E-state index in [1.807, 2.05) is 6.07 Å². The SMILES string of the molecule is CC(C)N1CCC(NCc2ccncn2)CC1. The first kappa shape index (κ1) is 12.5. The number of aromatic nitrogens is 2. The molecular weight excluding hydrogens is 212 g/mol. The second-order valence-corrected chi connectivity index (χ2v) is 4.99. The van der Waals surface area contributed by atoms with E-state index < -0.39 is 0 Å². The van der Waals surface area contributed by atoms with Crippen molar-refractivity contribution < 1.29 is 0 Å². The number of rotatable bonds is 4. The molecule has 1 aliphatic heterocycles. The largest absolute Gasteiger partial charge is 0.308 e. The fourth-order valence-electron chi connectivity index (χ4n) is 2.29. The van der Waals surface area contributed by atoms with Gasteiger partial charge in [0, 0.05) is 24.8 Å². The fraction of sp³-hybridized carbons (Fsp3) is 0.692. The Morgan fingerprint density at radius 2 is 2.18 bits per heavy atom. The summed E-state index contributed by atoms with van der Waals surface area (Å²) >= 11 is 0. The van der Waals surface area contributed by atoms with Crippen molar-refractivity contribution in [2.75, 3.05) is 13.1 Å². The van der Waals surface area contributed by atoms with Gasteiger partial charge < -0.3 is 10.2 Å². The Hall–Kier alpha value is -1.00. The molecule has 0 amide bonds. The maximum absolute atomic E-state index is 4.22. The first-order valence-electron chi connectivity index (χ1n) is 6.48. The van der Waals surface area contributed by atoms with Crippen LogP contribution in [0.1, 0.15) is 32.4 Å². The summed E-state index contributed by atoms with van der Waals surface area (Å²) in [6, 6.07) is 3.29. The molecule has 1 saturated heterocycles. The minimum atomic E-state index is 0.639. The van der Waals surface area contributed by atoms with Gasteiger partial charge in [-0.2, -0.15) is 0 Å². The smallest absolute Gasteiger partial charge is 0.115 e. The third-order valence-corrected chi connectivity index (χ3v) is 3.47. The van der Waals surface area contributed by atoms with E-state index in [1.165, 1.54) is 25.9 Å². The molecule has 0 unspecified atom stereocenters. The molecule has 4 nitrogen and oxygen atoms in total. The van der Waals surface area contributed by atoms with Crippen LogP contribution in [0.2, 0.25) is 0 Å². The van der Waals surface area contributed by atoms with Gasteiger partial charge in [0.25, 0.3) is 0 Å². The van der Waals surface area contributed by atoms with Crippen LogP contribution in [0.3, 0.4) is 0 Å². The number of nitrogens with one attached hydrogen (secondary N) is 1. The third kappa shape index (κ3) is 3.75. The van der Waals surface area contributed by atoms with Crippen molar-refractivity contribution in [2.24, 2.45) is 0 Å². The van der Waals surface area contributed by atoms with Crippen LogP contribution >= 0.6 is 0 Å². The van der Waals surface area contributed by atoms with E-state index in [4.69, 9.17) is 0 Å². The number of hydrogen-bond donors (Lipinski definition) is 1. The summed E-state index contributed by atoms with van der Waals surface area (Å²) in [5.74, 6) is 0. The Balaban J connectivity index is 1.72. The molecule has 1 fully saturated rings. The maximum Gasteiger partial charge on any atom is 0.115 e. The molecule has 0 atom stereocenters. The van der Waals surface area contributed by atoms with Gasteiger partial charge in [0.1, 0.15) is 6.33 Å². The zero-order chi connectivity index (χ0) is 12.1. The van der Waals surface area contributed by atoms with Crippen molar-refractivity contribution in [1.82, 2.24) is 20.2 Å². The zero-order valence-corrected chi connectivity index (χ0v) is 10.8. The highest BCUT2D eigenvalue weighted by molar-refractivity contribution is 4.97. The first-order chi connectivity index (χ1) is 8.25. The molecule has 94 valence electrons. The van der Waals surface area contributed by atoms with Crippen molar-refractivity contribution in [1.29, 1.82) is 0 Å². The van der Waals surface area contributed by atoms with Gasteiger partial charge in [-0.1, -0.05) is 0 Å². The molecule has 17 heavy (non-hydrogen) atoms. The van der Waals surface area contributed by atoms with Gasteiger partial charge in [-0.3, -0.25) is 0 Å². The number of nitrogens with zero attached hydrogens (tertiary/aromatic N) is 3. The van der Waals surface area contributed by atoms with Gasteiger partial charge in [-0.05, 0) is 45.8 Å². The Kier molecular flexibility index (Phi) is 4.45. The Morgan fingerprint density at radius 3 is 2.76 bits per heavy atom. The lowest BCUT2D eigenvalue weighted by atomic mass is 10.0. The Labute approximate surface area is 103 Å². The van der Waals surface area contributed by atoms with E-state index in [0.29, 0.717) is 12.1 Å². The molecule has 1 N–H and O–H groups in total. The van der Waals surface area contributed by atoms with Crippen LogP contribution in [0.15, 0.2) is 18.6 Å². The molecule has 4 heteroatoms. The van der Waals surface area contributed by atoms with Crippen LogP contribution in [-0.2, 0) is 6.54 Å². The van der Waals surface area contributed by atoms with Crippen molar-refractivity contribution in [3.63, 3.8) is 0 Å². The van der Waals surface area contributed by atoms with Crippen molar-refractivity contribution in [2.45, 2.75) is 45.3 Å². The lowest BCUT2D eigenvalue weighted by Gasteiger charge is -2.34. The summed E-state index contributed by atoms with van der Waals surface area (Å²) in [6.45, 7) is 7.82. The van der Waals surface area contributed by atoms with Gasteiger partial charge in [0.05, 0.1) is 5.69 Å². The number of likely N-dealkylation sites (tertiary alicyclic amines) is 1. The van der Waals surface area contributed by atoms with Gasteiger partial charge in [0.2, 0.25) is 0 Å². The minimum absolute atomic E-state index is 0.639. The van der Waals surface area contributed by atoms with E-state index in [9.17, 15) is 0 Å². The fourth-order valence-corrected chi connectivity index (χ4v) is 2.29. The van der Waals surface area contributed by atoms with E-state index in [0.717, 1.165) is 12.2 Å². The second kappa shape index (κ2) is 6.07. The number of hydrogen-bond acceptors (Lipinski definition) is 4. The lowest BCUT2D eigenvalue weighted by molar-refractivity contribution is 0.160. The highest BCUT2D eigenvalue weighted by Gasteiger charge is 2.20. The number of piperidine rings is 1. The molecular formula is C13H22N4. The van der Waals surface area contributed by atoms with E-state index in [1.54, 1.807) is 12.5 Å². The van der Waals surface area contributed by atoms with E-state index >= 15 is 0 Å². The topological polar surface area (TPSA) is 41.0 Å². The second-order valence-electron chi connectivity index (χ2n) is 4.99. The average molecular weight is 234 g/mol. The molecule has 1 aromatic rings. The van der Waals surface area contributed by atoms with Gasteiger partial charge in [-0.25, -0.2) is 9.97 Å². The van der Waals surface area contributed by atoms with Crippen LogP contribution < -0.4 is 5.32 Å². The summed E-state index contributed by atoms with van der Waals surface area (Å²) in [5, 5.41) is 3.58. The van der Waals surface area contributed by atoms with E-state index in [-0.39, 0.29) is 0 Å². The van der Waals surface area contributed by atoms with Gasteiger partial charge in [-0.15, -0.1) is 0 Å². The summed E-state index contributed by atoms with van der Waals surface area (Å²) in [6.07, 6.45) is 5.89. The van der Waals surface area contributed by atoms with Crippen LogP contribution in [0.4, 0.5) is 0 Å². The molecule has 0 spiro atoms. The molecule has 0 aromatic carbocycles. The molecule has 1 aliphatic rings. The lowest BCUT2D eigenvalue weighted by Crippen LogP contribution is -2.44. The molecule has 2 rings (SSSR count). The predicted molar refractivity (Wildman–Crippen MR) is 68.6 cm³/mol. The Morgan fingerprint density at radius 1 is 1.41 bits per heavy atom. The minimum Gasteiger partial charge on any atom is -0.308 e. The molecule has 0 bridgehead atoms. The van der Waals surface area contributed by atoms with Crippen LogP contribution in [0.25, 0.3) is 0 Å². The summed E-state index contributed by atoms with van der Waals surface area (Å²) in [4.78, 5) is 10.7. The normalized spacial score (nSPS) is 18.8. The first-order valence-corrected chi connectivity index (χ1v) is 6.48. The molecule has 0 radical (unpaired) electrons. The Bertz CT molecular complexity index is 317. The summed E-state index contributed by atoms with van der Waals surface area (Å²) < 4.78 is 0. The van der Waals surface area contributed by atoms with Crippen LogP contribution in [-0.4, -0.2) is 40.0 Å². The predicted octanol–water partition coefficient (Wildman–Crippen LogP) is 1.44. The maximum atomic E-state index is 4.22. The van der Waals surface area contributed by atoms with Crippen LogP contribution in [0, 0.1) is 0 Å². The van der Waals surface area contributed by atoms with Gasteiger partial charge in [0.15, 0.2) is 0 Å². The van der Waals surface area contributed by atoms with Gasteiger partial charge >= 0.3 is 0 Å². The molecule has 2 heterocycles. The third-order valence-electron chi connectivity index (χ3n) is 3.47. The van der Waals surface area contributed by atoms with Crippen molar-refractivity contribution >= 4 is 0 Å². The molecule has 0 saturated carbocycles. The average Bonchev–Trinajstić information content (AvgIpc) is 2.38. The monoisotopic (exact) mass is 234 g/mol. The van der Waals surface area contributed by atoms with E-state index in [2.05, 4.69) is 34.0 Å². The quantitative estimate of drug-likeness (QED) is 0.856. The van der Waals surface area contributed by atoms with Crippen molar-refractivity contribution in [3.05, 3.63) is 24.3 Å². The van der Waals surface area contributed by atoms with Crippen molar-refractivity contribution in [3.8, 4) is 0 Å². The highest BCUT2D eigenvalue weighted by atomic mass is 15.2. The highest BCUT2D eigenvalue weighted by Crippen LogP contribution is 2.13. The van der Waals surface area contributed by atoms with Crippen LogP contribution in [0.5, 0.6) is 0 Å². The summed E-state index contributed by atoms with van der Waals surface area (Å²) in [7, 11) is 0. The molecule has 1 aromatic heterocycles. The standard InChI is InChI=1S/C13H22N4/c1-11(2)17-7-4-12(5-8-17)15-9-13-3-6-14-10-16-13/h3,6,10-12,15H,4-5,7-9H2,1-2H3. The summed E-state index contributed by atoms with van der Waals surface area (Å²) in [5.41, 5.74) is 1.08.